The van der Waals surface area contributed by atoms with Crippen molar-refractivity contribution < 1.29 is 19.1 Å². The van der Waals surface area contributed by atoms with Gasteiger partial charge in [0.1, 0.15) is 11.8 Å². The number of nitrogens with one attached hydrogen (secondary N) is 1. The molecule has 1 atom stereocenters. The summed E-state index contributed by atoms with van der Waals surface area (Å²) in [6, 6.07) is -0.560. The lowest BCUT2D eigenvalue weighted by Crippen LogP contribution is -2.38. The Labute approximate surface area is 113 Å². The van der Waals surface area contributed by atoms with E-state index in [4.69, 9.17) is 4.74 Å². The number of amides is 1. The molecule has 1 unspecified atom stereocenters. The van der Waals surface area contributed by atoms with E-state index >= 15 is 0 Å². The lowest BCUT2D eigenvalue weighted by Gasteiger charge is -2.20. The highest BCUT2D eigenvalue weighted by atomic mass is 16.5. The molecule has 0 aromatic rings. The maximum atomic E-state index is 11.8. The molecular weight excluding hydrogens is 246 g/mol. The molecule has 1 heterocycles. The van der Waals surface area contributed by atoms with E-state index in [2.05, 4.69) is 5.32 Å². The zero-order valence-electron chi connectivity index (χ0n) is 11.2. The van der Waals surface area contributed by atoms with Crippen molar-refractivity contribution in [2.75, 3.05) is 6.61 Å². The summed E-state index contributed by atoms with van der Waals surface area (Å²) in [4.78, 5) is 34.6. The van der Waals surface area contributed by atoms with Gasteiger partial charge in [-0.15, -0.1) is 0 Å². The molecule has 19 heavy (non-hydrogen) atoms. The van der Waals surface area contributed by atoms with E-state index in [1.165, 1.54) is 19.3 Å². The van der Waals surface area contributed by atoms with Gasteiger partial charge in [0.15, 0.2) is 0 Å². The van der Waals surface area contributed by atoms with Crippen LogP contribution in [0.3, 0.4) is 0 Å². The SMILES string of the molecule is O=C(CC(=O)NC1CCOC1=O)CC1CCCCC1. The number of ketones is 1. The second kappa shape index (κ2) is 6.68. The summed E-state index contributed by atoms with van der Waals surface area (Å²) >= 11 is 0. The van der Waals surface area contributed by atoms with Crippen LogP contribution < -0.4 is 5.32 Å². The molecule has 2 aliphatic rings. The van der Waals surface area contributed by atoms with E-state index in [-0.39, 0.29) is 18.1 Å². The summed E-state index contributed by atoms with van der Waals surface area (Å²) in [6.07, 6.45) is 6.74. The van der Waals surface area contributed by atoms with E-state index in [0.29, 0.717) is 25.4 Å². The van der Waals surface area contributed by atoms with E-state index < -0.39 is 12.0 Å². The maximum Gasteiger partial charge on any atom is 0.328 e. The molecule has 1 N–H and O–H groups in total. The summed E-state index contributed by atoms with van der Waals surface area (Å²) in [5.41, 5.74) is 0. The Bertz CT molecular complexity index is 360. The van der Waals surface area contributed by atoms with E-state index in [0.717, 1.165) is 12.8 Å². The Morgan fingerprint density at radius 2 is 1.89 bits per heavy atom. The summed E-state index contributed by atoms with van der Waals surface area (Å²) in [5, 5.41) is 2.56. The average molecular weight is 267 g/mol. The minimum atomic E-state index is -0.560. The molecular formula is C14H21NO4. The smallest absolute Gasteiger partial charge is 0.328 e. The topological polar surface area (TPSA) is 72.5 Å². The Kier molecular flexibility index (Phi) is 4.93. The fourth-order valence-electron chi connectivity index (χ4n) is 2.84. The van der Waals surface area contributed by atoms with Gasteiger partial charge in [0.25, 0.3) is 0 Å². The van der Waals surface area contributed by atoms with Crippen LogP contribution >= 0.6 is 0 Å². The van der Waals surface area contributed by atoms with Gasteiger partial charge < -0.3 is 10.1 Å². The van der Waals surface area contributed by atoms with Gasteiger partial charge in [0.2, 0.25) is 5.91 Å². The van der Waals surface area contributed by atoms with Crippen LogP contribution in [0.5, 0.6) is 0 Å². The van der Waals surface area contributed by atoms with E-state index in [1.54, 1.807) is 0 Å². The third-order valence-electron chi connectivity index (χ3n) is 3.87. The minimum absolute atomic E-state index is 0.0178. The van der Waals surface area contributed by atoms with Crippen molar-refractivity contribution in [2.24, 2.45) is 5.92 Å². The van der Waals surface area contributed by atoms with Crippen LogP contribution in [-0.4, -0.2) is 30.3 Å². The van der Waals surface area contributed by atoms with Crippen LogP contribution in [0.2, 0.25) is 0 Å². The largest absolute Gasteiger partial charge is 0.464 e. The van der Waals surface area contributed by atoms with Crippen molar-refractivity contribution >= 4 is 17.7 Å². The number of ether oxygens (including phenoxy) is 1. The maximum absolute atomic E-state index is 11.8. The summed E-state index contributed by atoms with van der Waals surface area (Å²) in [6.45, 7) is 0.347. The average Bonchev–Trinajstić information content (AvgIpc) is 2.76. The van der Waals surface area contributed by atoms with Crippen molar-refractivity contribution in [2.45, 2.75) is 57.4 Å². The first kappa shape index (κ1) is 14.0. The van der Waals surface area contributed by atoms with Gasteiger partial charge in [-0.3, -0.25) is 9.59 Å². The molecule has 1 aliphatic heterocycles. The fourth-order valence-corrected chi connectivity index (χ4v) is 2.84. The van der Waals surface area contributed by atoms with Crippen molar-refractivity contribution in [1.29, 1.82) is 0 Å². The quantitative estimate of drug-likeness (QED) is 0.603. The number of Topliss-reactive ketones (excluding diaryl/α,β-unsaturated/α-hetero) is 1. The summed E-state index contributed by atoms with van der Waals surface area (Å²) in [5.74, 6) is -0.320. The Hall–Kier alpha value is -1.39. The molecule has 1 amide bonds. The Morgan fingerprint density at radius 1 is 1.16 bits per heavy atom. The first-order chi connectivity index (χ1) is 9.15. The highest BCUT2D eigenvalue weighted by Crippen LogP contribution is 2.26. The van der Waals surface area contributed by atoms with Crippen LogP contribution in [0.15, 0.2) is 0 Å². The standard InChI is InChI=1S/C14H21NO4/c16-11(8-10-4-2-1-3-5-10)9-13(17)15-12-6-7-19-14(12)18/h10,12H,1-9H2,(H,15,17). The van der Waals surface area contributed by atoms with Crippen molar-refractivity contribution in [3.05, 3.63) is 0 Å². The van der Waals surface area contributed by atoms with Crippen LogP contribution in [0.25, 0.3) is 0 Å². The van der Waals surface area contributed by atoms with Gasteiger partial charge in [-0.1, -0.05) is 32.1 Å². The third kappa shape index (κ3) is 4.33. The summed E-state index contributed by atoms with van der Waals surface area (Å²) in [7, 11) is 0. The zero-order chi connectivity index (χ0) is 13.7. The highest BCUT2D eigenvalue weighted by molar-refractivity contribution is 5.99. The fraction of sp³-hybridized carbons (Fsp3) is 0.786. The first-order valence-electron chi connectivity index (χ1n) is 7.13. The van der Waals surface area contributed by atoms with E-state index in [9.17, 15) is 14.4 Å². The van der Waals surface area contributed by atoms with E-state index in [1.807, 2.05) is 0 Å². The Morgan fingerprint density at radius 3 is 2.53 bits per heavy atom. The van der Waals surface area contributed by atoms with Crippen molar-refractivity contribution in [1.82, 2.24) is 5.32 Å². The van der Waals surface area contributed by atoms with Crippen LogP contribution in [0.1, 0.15) is 51.4 Å². The van der Waals surface area contributed by atoms with Gasteiger partial charge >= 0.3 is 5.97 Å². The molecule has 0 aromatic heterocycles. The molecule has 5 nitrogen and oxygen atoms in total. The van der Waals surface area contributed by atoms with Gasteiger partial charge in [0, 0.05) is 12.8 Å². The number of carbonyl (C=O) groups is 3. The number of hydrogen-bond donors (Lipinski definition) is 1. The molecule has 0 spiro atoms. The molecule has 2 rings (SSSR count). The van der Waals surface area contributed by atoms with Crippen molar-refractivity contribution in [3.63, 3.8) is 0 Å². The second-order valence-corrected chi connectivity index (χ2v) is 5.50. The minimum Gasteiger partial charge on any atom is -0.464 e. The molecule has 1 saturated carbocycles. The monoisotopic (exact) mass is 267 g/mol. The number of esters is 1. The lowest BCUT2D eigenvalue weighted by atomic mass is 9.85. The number of hydrogen-bond acceptors (Lipinski definition) is 4. The number of cyclic esters (lactones) is 1. The Balaban J connectivity index is 1.69. The number of carbonyl (C=O) groups excluding carboxylic acids is 3. The van der Waals surface area contributed by atoms with Crippen LogP contribution in [0.4, 0.5) is 0 Å². The van der Waals surface area contributed by atoms with Crippen molar-refractivity contribution in [3.8, 4) is 0 Å². The molecule has 0 aromatic carbocycles. The molecule has 1 aliphatic carbocycles. The molecule has 5 heteroatoms. The lowest BCUT2D eigenvalue weighted by molar-refractivity contribution is -0.142. The van der Waals surface area contributed by atoms with Crippen LogP contribution in [0, 0.1) is 5.92 Å². The molecule has 1 saturated heterocycles. The summed E-state index contributed by atoms with van der Waals surface area (Å²) < 4.78 is 4.75. The molecule has 0 bridgehead atoms. The number of rotatable bonds is 5. The van der Waals surface area contributed by atoms with Gasteiger partial charge in [0.05, 0.1) is 13.0 Å². The van der Waals surface area contributed by atoms with Gasteiger partial charge in [-0.2, -0.15) is 0 Å². The molecule has 106 valence electrons. The molecule has 2 fully saturated rings. The van der Waals surface area contributed by atoms with Gasteiger partial charge in [-0.05, 0) is 5.92 Å². The molecule has 0 radical (unpaired) electrons. The third-order valence-corrected chi connectivity index (χ3v) is 3.87. The zero-order valence-corrected chi connectivity index (χ0v) is 11.2. The normalized spacial score (nSPS) is 24.0. The van der Waals surface area contributed by atoms with Gasteiger partial charge in [-0.25, -0.2) is 4.79 Å². The second-order valence-electron chi connectivity index (χ2n) is 5.50. The predicted molar refractivity (Wildman–Crippen MR) is 68.3 cm³/mol. The first-order valence-corrected chi connectivity index (χ1v) is 7.13. The highest BCUT2D eigenvalue weighted by Gasteiger charge is 2.28. The predicted octanol–water partition coefficient (Wildman–Crippen LogP) is 1.35. The van der Waals surface area contributed by atoms with Crippen LogP contribution in [-0.2, 0) is 19.1 Å².